The molecule has 0 bridgehead atoms. The first-order chi connectivity index (χ1) is 12.1. The molecule has 0 saturated heterocycles. The third kappa shape index (κ3) is 3.74. The Hall–Kier alpha value is -3.01. The molecule has 1 heterocycles. The average Bonchev–Trinajstić information content (AvgIpc) is 3.10. The van der Waals surface area contributed by atoms with Gasteiger partial charge in [-0.3, -0.25) is 10.1 Å². The summed E-state index contributed by atoms with van der Waals surface area (Å²) >= 11 is 7.19. The molecular weight excluding hydrogens is 358 g/mol. The summed E-state index contributed by atoms with van der Waals surface area (Å²) in [6.07, 6.45) is 1.49. The zero-order valence-corrected chi connectivity index (χ0v) is 14.3. The van der Waals surface area contributed by atoms with Crippen LogP contribution in [0.2, 0.25) is 5.02 Å². The lowest BCUT2D eigenvalue weighted by molar-refractivity contribution is -0.385. The Bertz CT molecular complexity index is 1000. The van der Waals surface area contributed by atoms with Gasteiger partial charge >= 0.3 is 0 Å². The van der Waals surface area contributed by atoms with Crippen LogP contribution in [0, 0.1) is 21.4 Å². The molecule has 5 nitrogen and oxygen atoms in total. The number of halogens is 1. The van der Waals surface area contributed by atoms with Crippen molar-refractivity contribution in [2.24, 2.45) is 0 Å². The van der Waals surface area contributed by atoms with Gasteiger partial charge in [0.2, 0.25) is 0 Å². The number of thiazole rings is 1. The van der Waals surface area contributed by atoms with Gasteiger partial charge in [-0.15, -0.1) is 11.3 Å². The van der Waals surface area contributed by atoms with E-state index in [1.165, 1.54) is 23.5 Å². The zero-order valence-electron chi connectivity index (χ0n) is 12.7. The summed E-state index contributed by atoms with van der Waals surface area (Å²) in [5.41, 5.74) is 2.20. The predicted octanol–water partition coefficient (Wildman–Crippen LogP) is 5.44. The highest BCUT2D eigenvalue weighted by atomic mass is 35.5. The first kappa shape index (κ1) is 16.8. The van der Waals surface area contributed by atoms with Crippen molar-refractivity contribution >= 4 is 40.3 Å². The monoisotopic (exact) mass is 367 g/mol. The highest BCUT2D eigenvalue weighted by Gasteiger charge is 2.14. The van der Waals surface area contributed by atoms with E-state index in [4.69, 9.17) is 11.6 Å². The van der Waals surface area contributed by atoms with Gasteiger partial charge in [-0.25, -0.2) is 4.98 Å². The van der Waals surface area contributed by atoms with E-state index in [1.54, 1.807) is 30.3 Å². The van der Waals surface area contributed by atoms with Gasteiger partial charge in [-0.1, -0.05) is 35.9 Å². The van der Waals surface area contributed by atoms with Crippen LogP contribution in [0.4, 0.5) is 5.69 Å². The maximum absolute atomic E-state index is 11.1. The summed E-state index contributed by atoms with van der Waals surface area (Å²) in [5.74, 6) is 0. The zero-order chi connectivity index (χ0) is 17.8. The predicted molar refractivity (Wildman–Crippen MR) is 99.1 cm³/mol. The number of benzene rings is 2. The molecule has 0 aliphatic rings. The number of allylic oxidation sites excluding steroid dienone is 1. The van der Waals surface area contributed by atoms with Crippen molar-refractivity contribution in [1.29, 1.82) is 5.26 Å². The van der Waals surface area contributed by atoms with E-state index in [0.29, 0.717) is 15.6 Å². The van der Waals surface area contributed by atoms with Crippen LogP contribution >= 0.6 is 22.9 Å². The summed E-state index contributed by atoms with van der Waals surface area (Å²) < 4.78 is 0. The summed E-state index contributed by atoms with van der Waals surface area (Å²) in [5, 5.41) is 23.5. The van der Waals surface area contributed by atoms with Crippen molar-refractivity contribution in [3.63, 3.8) is 0 Å². The molecule has 0 unspecified atom stereocenters. The van der Waals surface area contributed by atoms with Crippen LogP contribution in [-0.2, 0) is 0 Å². The van der Waals surface area contributed by atoms with E-state index in [-0.39, 0.29) is 11.3 Å². The first-order valence-corrected chi connectivity index (χ1v) is 8.41. The smallest absolute Gasteiger partial charge is 0.258 e. The largest absolute Gasteiger partial charge is 0.276 e. The molecule has 0 saturated carbocycles. The Kier molecular flexibility index (Phi) is 4.89. The molecule has 0 aliphatic carbocycles. The Morgan fingerprint density at radius 2 is 1.96 bits per heavy atom. The minimum Gasteiger partial charge on any atom is -0.258 e. The second-order valence-corrected chi connectivity index (χ2v) is 6.33. The lowest BCUT2D eigenvalue weighted by Gasteiger charge is -1.98. The summed E-state index contributed by atoms with van der Waals surface area (Å²) in [6, 6.07) is 15.6. The van der Waals surface area contributed by atoms with Crippen molar-refractivity contribution in [1.82, 2.24) is 4.98 Å². The minimum atomic E-state index is -0.470. The van der Waals surface area contributed by atoms with E-state index in [1.807, 2.05) is 17.5 Å². The van der Waals surface area contributed by atoms with Crippen LogP contribution in [0.3, 0.4) is 0 Å². The fraction of sp³-hybridized carbons (Fsp3) is 0. The van der Waals surface area contributed by atoms with Gasteiger partial charge in [0.05, 0.1) is 21.8 Å². The number of para-hydroxylation sites is 1. The SMILES string of the molecule is N#C/C(=C\c1ccccc1[N+](=O)[O-])c1nc(-c2ccc(Cl)cc2)cs1. The number of aromatic nitrogens is 1. The molecule has 0 aliphatic heterocycles. The van der Waals surface area contributed by atoms with Gasteiger partial charge in [0.15, 0.2) is 0 Å². The van der Waals surface area contributed by atoms with Gasteiger partial charge in [0.1, 0.15) is 11.1 Å². The fourth-order valence-corrected chi connectivity index (χ4v) is 3.14. The molecule has 0 spiro atoms. The minimum absolute atomic E-state index is 0.0512. The van der Waals surface area contributed by atoms with Gasteiger partial charge in [-0.05, 0) is 24.3 Å². The Labute approximate surface area is 152 Å². The topological polar surface area (TPSA) is 79.8 Å². The number of nitro benzene ring substituents is 1. The molecule has 0 radical (unpaired) electrons. The molecule has 0 fully saturated rings. The number of hydrogen-bond acceptors (Lipinski definition) is 5. The molecule has 1 aromatic heterocycles. The van der Waals surface area contributed by atoms with Crippen LogP contribution < -0.4 is 0 Å². The van der Waals surface area contributed by atoms with Crippen LogP contribution in [-0.4, -0.2) is 9.91 Å². The van der Waals surface area contributed by atoms with Gasteiger partial charge in [0.25, 0.3) is 5.69 Å². The Balaban J connectivity index is 1.99. The van der Waals surface area contributed by atoms with E-state index in [0.717, 1.165) is 11.3 Å². The van der Waals surface area contributed by atoms with Crippen molar-refractivity contribution < 1.29 is 4.92 Å². The number of hydrogen-bond donors (Lipinski definition) is 0. The first-order valence-electron chi connectivity index (χ1n) is 7.15. The molecular formula is C18H10ClN3O2S. The van der Waals surface area contributed by atoms with E-state index >= 15 is 0 Å². The van der Waals surface area contributed by atoms with Crippen LogP contribution in [0.5, 0.6) is 0 Å². The molecule has 0 N–H and O–H groups in total. The van der Waals surface area contributed by atoms with Crippen LogP contribution in [0.1, 0.15) is 10.6 Å². The summed E-state index contributed by atoms with van der Waals surface area (Å²) in [6.45, 7) is 0. The number of rotatable bonds is 4. The van der Waals surface area contributed by atoms with Crippen molar-refractivity contribution in [2.75, 3.05) is 0 Å². The average molecular weight is 368 g/mol. The summed E-state index contributed by atoms with van der Waals surface area (Å²) in [4.78, 5) is 15.1. The quantitative estimate of drug-likeness (QED) is 0.349. The molecule has 0 amide bonds. The van der Waals surface area contributed by atoms with Crippen LogP contribution in [0.25, 0.3) is 22.9 Å². The maximum Gasteiger partial charge on any atom is 0.276 e. The molecule has 122 valence electrons. The maximum atomic E-state index is 11.1. The van der Waals surface area contributed by atoms with E-state index in [2.05, 4.69) is 11.1 Å². The normalized spacial score (nSPS) is 11.1. The molecule has 3 rings (SSSR count). The second kappa shape index (κ2) is 7.26. The summed E-state index contributed by atoms with van der Waals surface area (Å²) in [7, 11) is 0. The molecule has 2 aromatic carbocycles. The Morgan fingerprint density at radius 1 is 1.24 bits per heavy atom. The third-order valence-corrected chi connectivity index (χ3v) is 4.56. The second-order valence-electron chi connectivity index (χ2n) is 5.03. The number of nitrogens with zero attached hydrogens (tertiary/aromatic N) is 3. The van der Waals surface area contributed by atoms with E-state index < -0.39 is 4.92 Å². The van der Waals surface area contributed by atoms with Crippen molar-refractivity contribution in [3.05, 3.63) is 79.6 Å². The fourth-order valence-electron chi connectivity index (χ4n) is 2.22. The van der Waals surface area contributed by atoms with Crippen molar-refractivity contribution in [2.45, 2.75) is 0 Å². The lowest BCUT2D eigenvalue weighted by Crippen LogP contribution is -1.91. The molecule has 3 aromatic rings. The molecule has 0 atom stereocenters. The highest BCUT2D eigenvalue weighted by Crippen LogP contribution is 2.29. The van der Waals surface area contributed by atoms with E-state index in [9.17, 15) is 15.4 Å². The number of nitriles is 1. The lowest BCUT2D eigenvalue weighted by atomic mass is 10.1. The van der Waals surface area contributed by atoms with Gasteiger partial charge < -0.3 is 0 Å². The highest BCUT2D eigenvalue weighted by molar-refractivity contribution is 7.11. The molecule has 25 heavy (non-hydrogen) atoms. The van der Waals surface area contributed by atoms with Crippen LogP contribution in [0.15, 0.2) is 53.9 Å². The van der Waals surface area contributed by atoms with Gasteiger partial charge in [-0.2, -0.15) is 5.26 Å². The standard InChI is InChI=1S/C18H10ClN3O2S/c19-15-7-5-12(6-8-15)16-11-25-18(21-16)14(10-20)9-13-3-1-2-4-17(13)22(23)24/h1-9,11H/b14-9+. The molecule has 7 heteroatoms. The number of nitro groups is 1. The van der Waals surface area contributed by atoms with Gasteiger partial charge in [0, 0.05) is 22.0 Å². The van der Waals surface area contributed by atoms with Crippen molar-refractivity contribution in [3.8, 4) is 17.3 Å². The third-order valence-electron chi connectivity index (χ3n) is 3.43. The Morgan fingerprint density at radius 3 is 2.64 bits per heavy atom.